The maximum Gasteiger partial charge on any atom is 0.197 e. The van der Waals surface area contributed by atoms with Crippen molar-refractivity contribution in [3.05, 3.63) is 24.0 Å². The van der Waals surface area contributed by atoms with Gasteiger partial charge in [-0.15, -0.1) is 0 Å². The highest BCUT2D eigenvalue weighted by Crippen LogP contribution is 2.50. The largest absolute Gasteiger partial charge is 0.486 e. The van der Waals surface area contributed by atoms with E-state index in [2.05, 4.69) is 6.58 Å². The summed E-state index contributed by atoms with van der Waals surface area (Å²) in [5.74, 6) is 0.564. The molecule has 16 heavy (non-hydrogen) atoms. The Morgan fingerprint density at radius 2 is 2.38 bits per heavy atom. The smallest absolute Gasteiger partial charge is 0.197 e. The van der Waals surface area contributed by atoms with Crippen molar-refractivity contribution in [2.24, 2.45) is 5.41 Å². The monoisotopic (exact) mass is 222 g/mol. The Morgan fingerprint density at radius 3 is 3.06 bits per heavy atom. The number of ketones is 1. The molecular weight excluding hydrogens is 204 g/mol. The summed E-state index contributed by atoms with van der Waals surface area (Å²) < 4.78 is 5.47. The van der Waals surface area contributed by atoms with Crippen LogP contribution in [-0.4, -0.2) is 23.6 Å². The van der Waals surface area contributed by atoms with Crippen LogP contribution < -0.4 is 0 Å². The van der Waals surface area contributed by atoms with E-state index < -0.39 is 0 Å². The number of carbonyl (C=O) groups excluding carboxylic acids is 1. The van der Waals surface area contributed by atoms with Crippen molar-refractivity contribution in [3.8, 4) is 0 Å². The molecule has 2 rings (SSSR count). The van der Waals surface area contributed by atoms with Gasteiger partial charge >= 0.3 is 0 Å². The highest BCUT2D eigenvalue weighted by molar-refractivity contribution is 5.95. The zero-order chi connectivity index (χ0) is 11.8. The molecule has 1 N–H and O–H groups in total. The van der Waals surface area contributed by atoms with Gasteiger partial charge in [0.15, 0.2) is 11.5 Å². The predicted molar refractivity (Wildman–Crippen MR) is 60.8 cm³/mol. The second kappa shape index (κ2) is 4.06. The van der Waals surface area contributed by atoms with Gasteiger partial charge in [0.2, 0.25) is 0 Å². The molecule has 0 aromatic rings. The van der Waals surface area contributed by atoms with Gasteiger partial charge in [-0.1, -0.05) is 19.6 Å². The van der Waals surface area contributed by atoms with Gasteiger partial charge in [-0.2, -0.15) is 0 Å². The van der Waals surface area contributed by atoms with Crippen LogP contribution in [0, 0.1) is 5.41 Å². The summed E-state index contributed by atoms with van der Waals surface area (Å²) >= 11 is 0. The molecule has 0 aliphatic heterocycles. The van der Waals surface area contributed by atoms with Gasteiger partial charge in [-0.25, -0.2) is 0 Å². The van der Waals surface area contributed by atoms with Crippen LogP contribution in [0.25, 0.3) is 0 Å². The molecule has 0 spiro atoms. The van der Waals surface area contributed by atoms with Crippen LogP contribution in [-0.2, 0) is 9.53 Å². The number of hydrogen-bond donors (Lipinski definition) is 1. The first-order chi connectivity index (χ1) is 7.59. The minimum atomic E-state index is -0.335. The average molecular weight is 222 g/mol. The third kappa shape index (κ3) is 1.59. The average Bonchev–Trinajstić information content (AvgIpc) is 2.56. The van der Waals surface area contributed by atoms with Gasteiger partial charge in [-0.3, -0.25) is 4.79 Å². The molecule has 0 radical (unpaired) electrons. The molecule has 3 nitrogen and oxygen atoms in total. The van der Waals surface area contributed by atoms with E-state index in [1.807, 2.05) is 6.92 Å². The van der Waals surface area contributed by atoms with E-state index in [4.69, 9.17) is 4.74 Å². The van der Waals surface area contributed by atoms with Gasteiger partial charge < -0.3 is 9.84 Å². The first-order valence-corrected chi connectivity index (χ1v) is 5.78. The third-order valence-electron chi connectivity index (χ3n) is 3.84. The molecule has 0 heterocycles. The van der Waals surface area contributed by atoms with Crippen molar-refractivity contribution in [1.82, 2.24) is 0 Å². The number of ether oxygens (including phenoxy) is 1. The fraction of sp³-hybridized carbons (Fsp3) is 0.615. The highest BCUT2D eigenvalue weighted by Gasteiger charge is 2.47. The van der Waals surface area contributed by atoms with Crippen molar-refractivity contribution < 1.29 is 14.6 Å². The minimum absolute atomic E-state index is 0.0726. The number of hydrogen-bond acceptors (Lipinski definition) is 3. The van der Waals surface area contributed by atoms with Gasteiger partial charge in [0.25, 0.3) is 0 Å². The number of allylic oxidation sites excluding steroid dienone is 1. The van der Waals surface area contributed by atoms with E-state index in [0.717, 1.165) is 24.8 Å². The lowest BCUT2D eigenvalue weighted by molar-refractivity contribution is -0.120. The maximum absolute atomic E-state index is 11.8. The number of fused-ring (bicyclic) bond motifs is 1. The number of aliphatic hydroxyl groups excluding tert-OH is 1. The summed E-state index contributed by atoms with van der Waals surface area (Å²) in [6, 6.07) is 0. The van der Waals surface area contributed by atoms with E-state index in [1.54, 1.807) is 6.08 Å². The van der Waals surface area contributed by atoms with Crippen molar-refractivity contribution in [2.75, 3.05) is 6.61 Å². The molecule has 3 heteroatoms. The van der Waals surface area contributed by atoms with E-state index in [9.17, 15) is 9.90 Å². The fourth-order valence-corrected chi connectivity index (χ4v) is 2.74. The molecule has 1 saturated carbocycles. The second-order valence-corrected chi connectivity index (χ2v) is 4.80. The van der Waals surface area contributed by atoms with Gasteiger partial charge in [-0.05, 0) is 24.8 Å². The van der Waals surface area contributed by atoms with Crippen molar-refractivity contribution in [2.45, 2.75) is 38.7 Å². The fourth-order valence-electron chi connectivity index (χ4n) is 2.74. The molecule has 0 amide bonds. The van der Waals surface area contributed by atoms with Crippen LogP contribution in [0.1, 0.15) is 32.6 Å². The van der Waals surface area contributed by atoms with Crippen LogP contribution >= 0.6 is 0 Å². The predicted octanol–water partition coefficient (Wildman–Crippen LogP) is 1.97. The van der Waals surface area contributed by atoms with Crippen LogP contribution in [0.15, 0.2) is 24.0 Å². The lowest BCUT2D eigenvalue weighted by Crippen LogP contribution is -2.34. The zero-order valence-corrected chi connectivity index (χ0v) is 9.66. The number of carbonyl (C=O) groups is 1. The molecule has 1 fully saturated rings. The summed E-state index contributed by atoms with van der Waals surface area (Å²) in [7, 11) is 0. The Hall–Kier alpha value is -1.09. The number of aliphatic hydroxyl groups is 1. The van der Waals surface area contributed by atoms with Crippen molar-refractivity contribution in [1.29, 1.82) is 0 Å². The van der Waals surface area contributed by atoms with Crippen LogP contribution in [0.2, 0.25) is 0 Å². The van der Waals surface area contributed by atoms with Crippen LogP contribution in [0.3, 0.4) is 0 Å². The van der Waals surface area contributed by atoms with Gasteiger partial charge in [0, 0.05) is 11.8 Å². The SMILES string of the molecule is C=CCOC1=C2CC[C@H](O)[C@@]2(C)CCC1=O. The summed E-state index contributed by atoms with van der Waals surface area (Å²) in [6.45, 7) is 5.97. The van der Waals surface area contributed by atoms with E-state index >= 15 is 0 Å². The van der Waals surface area contributed by atoms with Gasteiger partial charge in [0.05, 0.1) is 6.10 Å². The van der Waals surface area contributed by atoms with Crippen LogP contribution in [0.4, 0.5) is 0 Å². The van der Waals surface area contributed by atoms with Crippen molar-refractivity contribution >= 4 is 5.78 Å². The molecule has 0 aromatic carbocycles. The minimum Gasteiger partial charge on any atom is -0.486 e. The molecule has 0 bridgehead atoms. The molecular formula is C13H18O3. The Balaban J connectivity index is 2.35. The standard InChI is InChI=1S/C13H18O3/c1-3-8-16-12-9-4-5-11(15)13(9,2)7-6-10(12)14/h3,11,15H,1,4-8H2,2H3/t11-,13-/m0/s1. The molecule has 0 aromatic heterocycles. The molecule has 88 valence electrons. The summed E-state index contributed by atoms with van der Waals surface area (Å²) in [4.78, 5) is 11.8. The Morgan fingerprint density at radius 1 is 1.62 bits per heavy atom. The highest BCUT2D eigenvalue weighted by atomic mass is 16.5. The maximum atomic E-state index is 11.8. The normalized spacial score (nSPS) is 33.9. The summed E-state index contributed by atoms with van der Waals surface area (Å²) in [5.41, 5.74) is 0.767. The zero-order valence-electron chi connectivity index (χ0n) is 9.66. The molecule has 2 atom stereocenters. The van der Waals surface area contributed by atoms with E-state index in [0.29, 0.717) is 18.8 Å². The Bertz CT molecular complexity index is 356. The number of rotatable bonds is 3. The van der Waals surface area contributed by atoms with E-state index in [1.165, 1.54) is 0 Å². The first kappa shape index (κ1) is 11.4. The molecule has 2 aliphatic rings. The Kier molecular flexibility index (Phi) is 2.89. The number of Topliss-reactive ketones (excluding diaryl/α,β-unsaturated/α-hetero) is 1. The first-order valence-electron chi connectivity index (χ1n) is 5.78. The van der Waals surface area contributed by atoms with Crippen molar-refractivity contribution in [3.63, 3.8) is 0 Å². The lowest BCUT2D eigenvalue weighted by Gasteiger charge is -2.34. The summed E-state index contributed by atoms with van der Waals surface area (Å²) in [5, 5.41) is 9.99. The third-order valence-corrected chi connectivity index (χ3v) is 3.84. The molecule has 0 saturated heterocycles. The van der Waals surface area contributed by atoms with Crippen LogP contribution in [0.5, 0.6) is 0 Å². The van der Waals surface area contributed by atoms with Gasteiger partial charge in [0.1, 0.15) is 6.61 Å². The summed E-state index contributed by atoms with van der Waals surface area (Å²) in [6.07, 6.45) is 4.03. The Labute approximate surface area is 95.8 Å². The topological polar surface area (TPSA) is 46.5 Å². The lowest BCUT2D eigenvalue weighted by atomic mass is 9.73. The quantitative estimate of drug-likeness (QED) is 0.742. The second-order valence-electron chi connectivity index (χ2n) is 4.80. The van der Waals surface area contributed by atoms with E-state index in [-0.39, 0.29) is 17.3 Å². The molecule has 2 aliphatic carbocycles. The molecule has 0 unspecified atom stereocenters.